The van der Waals surface area contributed by atoms with E-state index in [0.717, 1.165) is 27.8 Å². The predicted molar refractivity (Wildman–Crippen MR) is 87.0 cm³/mol. The molecule has 1 aliphatic rings. The normalized spacial score (nSPS) is 20.5. The predicted octanol–water partition coefficient (Wildman–Crippen LogP) is 3.10. The number of nitrogens with zero attached hydrogens (tertiary/aromatic N) is 1. The van der Waals surface area contributed by atoms with Gasteiger partial charge in [-0.1, -0.05) is 11.8 Å². The van der Waals surface area contributed by atoms with Gasteiger partial charge in [0.25, 0.3) is 0 Å². The van der Waals surface area contributed by atoms with Gasteiger partial charge in [0.1, 0.15) is 5.75 Å². The number of thioether (sulfide) groups is 1. The van der Waals surface area contributed by atoms with E-state index in [1.165, 1.54) is 0 Å². The van der Waals surface area contributed by atoms with Gasteiger partial charge in [0.05, 0.1) is 24.3 Å². The molecule has 0 aliphatic carbocycles. The summed E-state index contributed by atoms with van der Waals surface area (Å²) < 4.78 is 29.0. The first-order chi connectivity index (χ1) is 10.1. The largest absolute Gasteiger partial charge is 0.497 e. The van der Waals surface area contributed by atoms with Crippen LogP contribution in [0.2, 0.25) is 0 Å². The van der Waals surface area contributed by atoms with Gasteiger partial charge in [-0.2, -0.15) is 0 Å². The van der Waals surface area contributed by atoms with Gasteiger partial charge in [-0.25, -0.2) is 13.4 Å². The Kier molecular flexibility index (Phi) is 4.24. The van der Waals surface area contributed by atoms with Crippen molar-refractivity contribution < 1.29 is 13.2 Å². The molecule has 1 aliphatic heterocycles. The lowest BCUT2D eigenvalue weighted by Crippen LogP contribution is -2.05. The van der Waals surface area contributed by atoms with Gasteiger partial charge in [0, 0.05) is 16.2 Å². The molecule has 1 aromatic heterocycles. The molecule has 2 heterocycles. The van der Waals surface area contributed by atoms with Crippen LogP contribution in [0.15, 0.2) is 34.0 Å². The number of methoxy groups -OCH3 is 1. The molecule has 1 atom stereocenters. The fourth-order valence-corrected chi connectivity index (χ4v) is 6.79. The minimum atomic E-state index is -2.83. The second-order valence-electron chi connectivity index (χ2n) is 4.87. The lowest BCUT2D eigenvalue weighted by molar-refractivity contribution is 0.415. The van der Waals surface area contributed by atoms with E-state index in [4.69, 9.17) is 4.74 Å². The van der Waals surface area contributed by atoms with Gasteiger partial charge in [-0.15, -0.1) is 11.3 Å². The average molecular weight is 341 g/mol. The van der Waals surface area contributed by atoms with Gasteiger partial charge in [0.15, 0.2) is 14.2 Å². The van der Waals surface area contributed by atoms with Crippen LogP contribution in [-0.4, -0.2) is 37.3 Å². The van der Waals surface area contributed by atoms with E-state index in [9.17, 15) is 8.42 Å². The maximum atomic E-state index is 11.5. The number of benzene rings is 1. The maximum absolute atomic E-state index is 11.5. The van der Waals surface area contributed by atoms with E-state index < -0.39 is 9.84 Å². The molecular weight excluding hydrogens is 326 g/mol. The third-order valence-electron chi connectivity index (χ3n) is 3.33. The number of sulfone groups is 1. The lowest BCUT2D eigenvalue weighted by Gasteiger charge is -2.03. The van der Waals surface area contributed by atoms with Crippen molar-refractivity contribution in [2.45, 2.75) is 16.0 Å². The summed E-state index contributed by atoms with van der Waals surface area (Å²) in [5.41, 5.74) is 1.96. The second-order valence-corrected chi connectivity index (χ2v) is 9.50. The quantitative estimate of drug-likeness (QED) is 0.855. The zero-order chi connectivity index (χ0) is 14.9. The van der Waals surface area contributed by atoms with Crippen molar-refractivity contribution in [1.29, 1.82) is 0 Å². The molecule has 4 nitrogen and oxygen atoms in total. The van der Waals surface area contributed by atoms with E-state index in [2.05, 4.69) is 4.98 Å². The topological polar surface area (TPSA) is 56.3 Å². The van der Waals surface area contributed by atoms with Crippen molar-refractivity contribution in [2.24, 2.45) is 0 Å². The van der Waals surface area contributed by atoms with Crippen LogP contribution in [0.4, 0.5) is 0 Å². The van der Waals surface area contributed by atoms with E-state index in [-0.39, 0.29) is 11.0 Å². The summed E-state index contributed by atoms with van der Waals surface area (Å²) in [4.78, 5) is 4.59. The minimum Gasteiger partial charge on any atom is -0.497 e. The van der Waals surface area contributed by atoms with Crippen LogP contribution in [0, 0.1) is 0 Å². The van der Waals surface area contributed by atoms with Gasteiger partial charge in [-0.05, 0) is 30.7 Å². The number of rotatable bonds is 4. The van der Waals surface area contributed by atoms with E-state index in [0.29, 0.717) is 5.75 Å². The van der Waals surface area contributed by atoms with Gasteiger partial charge in [-0.3, -0.25) is 0 Å². The Labute approximate surface area is 132 Å². The Hall–Kier alpha value is -1.05. The first-order valence-corrected chi connectivity index (χ1v) is 10.1. The summed E-state index contributed by atoms with van der Waals surface area (Å²) in [5, 5.41) is 2.15. The lowest BCUT2D eigenvalue weighted by atomic mass is 10.2. The van der Waals surface area contributed by atoms with Crippen molar-refractivity contribution >= 4 is 32.9 Å². The van der Waals surface area contributed by atoms with Crippen LogP contribution in [0.1, 0.15) is 6.42 Å². The average Bonchev–Trinajstić information content (AvgIpc) is 3.06. The van der Waals surface area contributed by atoms with Crippen LogP contribution in [-0.2, 0) is 9.84 Å². The highest BCUT2D eigenvalue weighted by Gasteiger charge is 2.29. The van der Waals surface area contributed by atoms with Crippen LogP contribution in [0.3, 0.4) is 0 Å². The van der Waals surface area contributed by atoms with Crippen LogP contribution < -0.4 is 4.74 Å². The standard InChI is InChI=1S/C14H15NO3S3/c1-18-11-4-2-10(3-5-11)13-8-19-14(15-13)20-12-6-7-21(16,17)9-12/h2-5,8,12H,6-7,9H2,1H3. The molecule has 2 aromatic rings. The number of hydrogen-bond donors (Lipinski definition) is 0. The van der Waals surface area contributed by atoms with Crippen molar-refractivity contribution in [1.82, 2.24) is 4.98 Å². The molecule has 21 heavy (non-hydrogen) atoms. The van der Waals surface area contributed by atoms with Crippen molar-refractivity contribution in [2.75, 3.05) is 18.6 Å². The van der Waals surface area contributed by atoms with Gasteiger partial charge < -0.3 is 4.74 Å². The number of ether oxygens (including phenoxy) is 1. The number of hydrogen-bond acceptors (Lipinski definition) is 6. The first-order valence-electron chi connectivity index (χ1n) is 6.53. The maximum Gasteiger partial charge on any atom is 0.151 e. The van der Waals surface area contributed by atoms with Gasteiger partial charge in [0.2, 0.25) is 0 Å². The van der Waals surface area contributed by atoms with Crippen molar-refractivity contribution in [3.05, 3.63) is 29.6 Å². The van der Waals surface area contributed by atoms with Gasteiger partial charge >= 0.3 is 0 Å². The zero-order valence-corrected chi connectivity index (χ0v) is 13.9. The highest BCUT2D eigenvalue weighted by Crippen LogP contribution is 2.35. The number of aromatic nitrogens is 1. The molecule has 1 unspecified atom stereocenters. The Morgan fingerprint density at radius 3 is 2.71 bits per heavy atom. The third kappa shape index (κ3) is 3.59. The Balaban J connectivity index is 1.71. The molecule has 1 fully saturated rings. The first kappa shape index (κ1) is 14.9. The highest BCUT2D eigenvalue weighted by molar-refractivity contribution is 8.03. The second kappa shape index (κ2) is 5.98. The summed E-state index contributed by atoms with van der Waals surface area (Å²) in [6.07, 6.45) is 0.727. The highest BCUT2D eigenvalue weighted by atomic mass is 32.2. The fourth-order valence-electron chi connectivity index (χ4n) is 2.20. The Morgan fingerprint density at radius 2 is 2.10 bits per heavy atom. The molecule has 0 amide bonds. The molecule has 0 radical (unpaired) electrons. The summed E-state index contributed by atoms with van der Waals surface area (Å²) in [7, 11) is -1.19. The SMILES string of the molecule is COc1ccc(-c2csc(SC3CCS(=O)(=O)C3)n2)cc1. The summed E-state index contributed by atoms with van der Waals surface area (Å²) >= 11 is 3.15. The van der Waals surface area contributed by atoms with E-state index in [1.54, 1.807) is 30.2 Å². The summed E-state index contributed by atoms with van der Waals surface area (Å²) in [5.74, 6) is 1.40. The molecule has 7 heteroatoms. The molecule has 0 saturated carbocycles. The Bertz CT molecular complexity index is 722. The fraction of sp³-hybridized carbons (Fsp3) is 0.357. The molecule has 3 rings (SSSR count). The van der Waals surface area contributed by atoms with E-state index in [1.807, 2.05) is 29.6 Å². The molecular formula is C14H15NO3S3. The van der Waals surface area contributed by atoms with Crippen molar-refractivity contribution in [3.8, 4) is 17.0 Å². The van der Waals surface area contributed by atoms with Crippen LogP contribution in [0.5, 0.6) is 5.75 Å². The van der Waals surface area contributed by atoms with Crippen LogP contribution in [0.25, 0.3) is 11.3 Å². The van der Waals surface area contributed by atoms with Crippen molar-refractivity contribution in [3.63, 3.8) is 0 Å². The zero-order valence-electron chi connectivity index (χ0n) is 11.5. The molecule has 112 valence electrons. The molecule has 1 saturated heterocycles. The monoisotopic (exact) mass is 341 g/mol. The Morgan fingerprint density at radius 1 is 1.33 bits per heavy atom. The molecule has 0 bridgehead atoms. The van der Waals surface area contributed by atoms with E-state index >= 15 is 0 Å². The minimum absolute atomic E-state index is 0.143. The number of thiazole rings is 1. The summed E-state index contributed by atoms with van der Waals surface area (Å²) in [6.45, 7) is 0. The molecule has 0 N–H and O–H groups in total. The smallest absolute Gasteiger partial charge is 0.151 e. The summed E-state index contributed by atoms with van der Waals surface area (Å²) in [6, 6.07) is 7.76. The molecule has 0 spiro atoms. The third-order valence-corrected chi connectivity index (χ3v) is 7.55. The van der Waals surface area contributed by atoms with Crippen LogP contribution >= 0.6 is 23.1 Å². The molecule has 1 aromatic carbocycles.